The summed E-state index contributed by atoms with van der Waals surface area (Å²) < 4.78 is 0. The average Bonchev–Trinajstić information content (AvgIpc) is 2.28. The molecule has 0 unspecified atom stereocenters. The lowest BCUT2D eigenvalue weighted by Gasteiger charge is -2.25. The molecule has 0 aliphatic heterocycles. The Kier molecular flexibility index (Phi) is 4.86. The van der Waals surface area contributed by atoms with Gasteiger partial charge in [0.2, 0.25) is 0 Å². The van der Waals surface area contributed by atoms with Crippen LogP contribution in [0.1, 0.15) is 50.8 Å². The van der Waals surface area contributed by atoms with E-state index in [0.29, 0.717) is 0 Å². The fourth-order valence-electron chi connectivity index (χ4n) is 2.10. The lowest BCUT2D eigenvalue weighted by atomic mass is 9.80. The smallest absolute Gasteiger partial charge is 0.0231 e. The summed E-state index contributed by atoms with van der Waals surface area (Å²) in [6.45, 7) is 9.00. The zero-order valence-corrected chi connectivity index (χ0v) is 11.7. The summed E-state index contributed by atoms with van der Waals surface area (Å²) in [5.41, 5.74) is 4.58. The van der Waals surface area contributed by atoms with Crippen LogP contribution < -0.4 is 0 Å². The average molecular weight is 239 g/mol. The maximum absolute atomic E-state index is 5.87. The van der Waals surface area contributed by atoms with Crippen molar-refractivity contribution in [2.45, 2.75) is 52.4 Å². The van der Waals surface area contributed by atoms with Crippen LogP contribution in [-0.2, 0) is 18.3 Å². The van der Waals surface area contributed by atoms with E-state index in [4.69, 9.17) is 11.6 Å². The third kappa shape index (κ3) is 3.01. The quantitative estimate of drug-likeness (QED) is 0.652. The summed E-state index contributed by atoms with van der Waals surface area (Å²) in [5.74, 6) is 0.726. The number of aryl methyl sites for hydroxylation is 2. The molecule has 0 fully saturated rings. The first-order valence-corrected chi connectivity index (χ1v) is 6.76. The summed E-state index contributed by atoms with van der Waals surface area (Å²) in [6.07, 6.45) is 3.27. The fourth-order valence-corrected chi connectivity index (χ4v) is 2.57. The van der Waals surface area contributed by atoms with Crippen molar-refractivity contribution in [1.82, 2.24) is 0 Å². The first kappa shape index (κ1) is 13.6. The first-order chi connectivity index (χ1) is 7.55. The molecule has 1 aromatic carbocycles. The minimum atomic E-state index is 0.192. The lowest BCUT2D eigenvalue weighted by Crippen LogP contribution is -2.18. The van der Waals surface area contributed by atoms with E-state index in [1.807, 2.05) is 0 Å². The van der Waals surface area contributed by atoms with Gasteiger partial charge >= 0.3 is 0 Å². The highest BCUT2D eigenvalue weighted by Gasteiger charge is 2.20. The molecule has 0 aliphatic rings. The van der Waals surface area contributed by atoms with Crippen LogP contribution in [0.15, 0.2) is 18.2 Å². The Morgan fingerprint density at radius 3 is 2.19 bits per heavy atom. The number of hydrogen-bond donors (Lipinski definition) is 0. The number of halogens is 1. The minimum Gasteiger partial charge on any atom is -0.127 e. The van der Waals surface area contributed by atoms with E-state index in [2.05, 4.69) is 45.9 Å². The topological polar surface area (TPSA) is 0 Å². The zero-order chi connectivity index (χ0) is 12.2. The van der Waals surface area contributed by atoms with Crippen LogP contribution in [0.4, 0.5) is 0 Å². The molecular formula is C15H23Cl. The maximum Gasteiger partial charge on any atom is 0.0231 e. The molecule has 1 heteroatoms. The second-order valence-corrected chi connectivity index (χ2v) is 5.39. The molecule has 1 rings (SSSR count). The summed E-state index contributed by atoms with van der Waals surface area (Å²) in [6, 6.07) is 6.92. The van der Waals surface area contributed by atoms with Crippen LogP contribution in [0.5, 0.6) is 0 Å². The van der Waals surface area contributed by atoms with Gasteiger partial charge in [0, 0.05) is 5.88 Å². The van der Waals surface area contributed by atoms with Gasteiger partial charge in [0.15, 0.2) is 0 Å². The van der Waals surface area contributed by atoms with Crippen LogP contribution >= 0.6 is 11.6 Å². The van der Waals surface area contributed by atoms with Crippen molar-refractivity contribution in [3.8, 4) is 0 Å². The molecule has 0 amide bonds. The van der Waals surface area contributed by atoms with Gasteiger partial charge in [-0.05, 0) is 41.4 Å². The number of hydrogen-bond acceptors (Lipinski definition) is 0. The normalized spacial score (nSPS) is 11.8. The maximum atomic E-state index is 5.87. The van der Waals surface area contributed by atoms with Crippen molar-refractivity contribution in [3.05, 3.63) is 34.9 Å². The molecule has 0 nitrogen and oxygen atoms in total. The number of benzene rings is 1. The van der Waals surface area contributed by atoms with Gasteiger partial charge in [-0.1, -0.05) is 45.9 Å². The third-order valence-corrected chi connectivity index (χ3v) is 3.66. The van der Waals surface area contributed by atoms with E-state index in [1.54, 1.807) is 0 Å². The highest BCUT2D eigenvalue weighted by Crippen LogP contribution is 2.29. The molecular weight excluding hydrogens is 216 g/mol. The summed E-state index contributed by atoms with van der Waals surface area (Å²) in [5, 5.41) is 0. The van der Waals surface area contributed by atoms with Crippen LogP contribution in [0.25, 0.3) is 0 Å². The van der Waals surface area contributed by atoms with Gasteiger partial charge in [0.1, 0.15) is 0 Å². The lowest BCUT2D eigenvalue weighted by molar-refractivity contribution is 0.508. The monoisotopic (exact) mass is 238 g/mol. The largest absolute Gasteiger partial charge is 0.127 e. The Morgan fingerprint density at radius 2 is 1.69 bits per heavy atom. The molecule has 0 aromatic heterocycles. The van der Waals surface area contributed by atoms with E-state index in [9.17, 15) is 0 Å². The van der Waals surface area contributed by atoms with Gasteiger partial charge in [0.25, 0.3) is 0 Å². The van der Waals surface area contributed by atoms with E-state index in [0.717, 1.165) is 25.1 Å². The molecule has 0 atom stereocenters. The van der Waals surface area contributed by atoms with Gasteiger partial charge in [-0.25, -0.2) is 0 Å². The summed E-state index contributed by atoms with van der Waals surface area (Å²) >= 11 is 5.87. The van der Waals surface area contributed by atoms with Crippen molar-refractivity contribution < 1.29 is 0 Å². The predicted octanol–water partition coefficient (Wildman–Crippen LogP) is 4.72. The molecule has 16 heavy (non-hydrogen) atoms. The van der Waals surface area contributed by atoms with Crippen molar-refractivity contribution >= 4 is 11.6 Å². The van der Waals surface area contributed by atoms with E-state index < -0.39 is 0 Å². The number of alkyl halides is 1. The highest BCUT2D eigenvalue weighted by atomic mass is 35.5. The van der Waals surface area contributed by atoms with Crippen LogP contribution in [0, 0.1) is 0 Å². The Balaban J connectivity index is 3.07. The van der Waals surface area contributed by atoms with E-state index >= 15 is 0 Å². The standard InChI is InChI=1S/C15H23Cl/c1-5-12-7-8-14(11-13(12)6-2)15(3,4)9-10-16/h7-8,11H,5-6,9-10H2,1-4H3. The third-order valence-electron chi connectivity index (χ3n) is 3.47. The van der Waals surface area contributed by atoms with Crippen LogP contribution in [-0.4, -0.2) is 5.88 Å². The van der Waals surface area contributed by atoms with Crippen molar-refractivity contribution in [1.29, 1.82) is 0 Å². The molecule has 0 aliphatic carbocycles. The Bertz CT molecular complexity index is 339. The number of rotatable bonds is 5. The zero-order valence-electron chi connectivity index (χ0n) is 10.9. The second-order valence-electron chi connectivity index (χ2n) is 5.01. The predicted molar refractivity (Wildman–Crippen MR) is 73.6 cm³/mol. The molecule has 0 N–H and O–H groups in total. The Morgan fingerprint density at radius 1 is 1.06 bits per heavy atom. The van der Waals surface area contributed by atoms with E-state index in [1.165, 1.54) is 16.7 Å². The summed E-state index contributed by atoms with van der Waals surface area (Å²) in [4.78, 5) is 0. The Labute approximate surface area is 105 Å². The van der Waals surface area contributed by atoms with Gasteiger partial charge < -0.3 is 0 Å². The molecule has 0 heterocycles. The van der Waals surface area contributed by atoms with Gasteiger partial charge in [-0.15, -0.1) is 11.6 Å². The van der Waals surface area contributed by atoms with Crippen molar-refractivity contribution in [2.75, 3.05) is 5.88 Å². The van der Waals surface area contributed by atoms with Crippen molar-refractivity contribution in [2.24, 2.45) is 0 Å². The van der Waals surface area contributed by atoms with E-state index in [-0.39, 0.29) is 5.41 Å². The van der Waals surface area contributed by atoms with Gasteiger partial charge in [-0.2, -0.15) is 0 Å². The molecule has 0 saturated heterocycles. The minimum absolute atomic E-state index is 0.192. The van der Waals surface area contributed by atoms with Gasteiger partial charge in [0.05, 0.1) is 0 Å². The molecule has 0 bridgehead atoms. The molecule has 0 saturated carbocycles. The second kappa shape index (κ2) is 5.72. The first-order valence-electron chi connectivity index (χ1n) is 6.23. The van der Waals surface area contributed by atoms with Gasteiger partial charge in [-0.3, -0.25) is 0 Å². The molecule has 1 aromatic rings. The SMILES string of the molecule is CCc1ccc(C(C)(C)CCCl)cc1CC. The molecule has 90 valence electrons. The molecule has 0 radical (unpaired) electrons. The van der Waals surface area contributed by atoms with Crippen LogP contribution in [0.3, 0.4) is 0 Å². The summed E-state index contributed by atoms with van der Waals surface area (Å²) in [7, 11) is 0. The van der Waals surface area contributed by atoms with Crippen molar-refractivity contribution in [3.63, 3.8) is 0 Å². The molecule has 0 spiro atoms. The van der Waals surface area contributed by atoms with Crippen LogP contribution in [0.2, 0.25) is 0 Å². The Hall–Kier alpha value is -0.490. The highest BCUT2D eigenvalue weighted by molar-refractivity contribution is 6.17. The fraction of sp³-hybridized carbons (Fsp3) is 0.600.